The van der Waals surface area contributed by atoms with Crippen LogP contribution in [0.1, 0.15) is 18.3 Å². The number of ether oxygens (including phenoxy) is 1. The molecule has 6 nitrogen and oxygen atoms in total. The molecule has 1 atom stereocenters. The molecule has 0 amide bonds. The van der Waals surface area contributed by atoms with E-state index in [0.717, 1.165) is 45.1 Å². The minimum atomic E-state index is 0.410. The Balaban J connectivity index is 1.84. The predicted molar refractivity (Wildman–Crippen MR) is 79.7 cm³/mol. The molecule has 1 aromatic rings. The molecule has 1 aromatic heterocycles. The van der Waals surface area contributed by atoms with Crippen molar-refractivity contribution in [2.45, 2.75) is 27.3 Å². The van der Waals surface area contributed by atoms with E-state index in [1.807, 2.05) is 11.6 Å². The van der Waals surface area contributed by atoms with Gasteiger partial charge in [-0.3, -0.25) is 9.67 Å². The van der Waals surface area contributed by atoms with Gasteiger partial charge in [-0.25, -0.2) is 0 Å². The maximum Gasteiger partial charge on any atom is 0.191 e. The average Bonchev–Trinajstić information content (AvgIpc) is 2.75. The first-order chi connectivity index (χ1) is 9.56. The number of guanidine groups is 1. The number of rotatable bonds is 4. The quantitative estimate of drug-likeness (QED) is 0.653. The molecule has 2 heterocycles. The average molecular weight is 279 g/mol. The number of morpholine rings is 1. The first-order valence-corrected chi connectivity index (χ1v) is 7.20. The second kappa shape index (κ2) is 6.74. The molecule has 0 radical (unpaired) electrons. The number of nitrogens with two attached hydrogens (primary N) is 1. The molecule has 1 saturated heterocycles. The standard InChI is InChI=1S/C14H25N5O/c1-11(10-19-13(3)8-12(2)17-19)9-16-14(15)18-4-6-20-7-5-18/h8,11H,4-7,9-10H2,1-3H3,(H2,15,16). The van der Waals surface area contributed by atoms with Crippen LogP contribution < -0.4 is 5.73 Å². The fourth-order valence-corrected chi connectivity index (χ4v) is 2.35. The molecule has 2 N–H and O–H groups in total. The van der Waals surface area contributed by atoms with E-state index in [9.17, 15) is 0 Å². The van der Waals surface area contributed by atoms with E-state index in [2.05, 4.69) is 34.9 Å². The van der Waals surface area contributed by atoms with Crippen LogP contribution in [0.2, 0.25) is 0 Å². The monoisotopic (exact) mass is 279 g/mol. The molecule has 2 rings (SSSR count). The third-order valence-corrected chi connectivity index (χ3v) is 3.49. The molecule has 1 aliphatic heterocycles. The summed E-state index contributed by atoms with van der Waals surface area (Å²) in [5.74, 6) is 1.04. The Bertz CT molecular complexity index is 462. The summed E-state index contributed by atoms with van der Waals surface area (Å²) < 4.78 is 7.35. The van der Waals surface area contributed by atoms with Gasteiger partial charge in [0, 0.05) is 31.9 Å². The zero-order chi connectivity index (χ0) is 14.5. The van der Waals surface area contributed by atoms with E-state index in [1.165, 1.54) is 5.69 Å². The van der Waals surface area contributed by atoms with E-state index >= 15 is 0 Å². The molecule has 0 aliphatic carbocycles. The van der Waals surface area contributed by atoms with E-state index < -0.39 is 0 Å². The van der Waals surface area contributed by atoms with Crippen molar-refractivity contribution in [1.82, 2.24) is 14.7 Å². The molecule has 20 heavy (non-hydrogen) atoms. The van der Waals surface area contributed by atoms with Crippen LogP contribution in [0, 0.1) is 19.8 Å². The van der Waals surface area contributed by atoms with Gasteiger partial charge in [0.25, 0.3) is 0 Å². The van der Waals surface area contributed by atoms with Crippen molar-refractivity contribution < 1.29 is 4.74 Å². The van der Waals surface area contributed by atoms with Crippen LogP contribution >= 0.6 is 0 Å². The minimum Gasteiger partial charge on any atom is -0.378 e. The van der Waals surface area contributed by atoms with Gasteiger partial charge < -0.3 is 15.4 Å². The summed E-state index contributed by atoms with van der Waals surface area (Å²) in [4.78, 5) is 6.59. The van der Waals surface area contributed by atoms with Gasteiger partial charge in [0.2, 0.25) is 0 Å². The van der Waals surface area contributed by atoms with Crippen LogP contribution in [0.25, 0.3) is 0 Å². The lowest BCUT2D eigenvalue weighted by molar-refractivity contribution is 0.0674. The third kappa shape index (κ3) is 3.96. The van der Waals surface area contributed by atoms with E-state index in [4.69, 9.17) is 10.5 Å². The summed E-state index contributed by atoms with van der Waals surface area (Å²) >= 11 is 0. The van der Waals surface area contributed by atoms with Crippen molar-refractivity contribution in [1.29, 1.82) is 0 Å². The minimum absolute atomic E-state index is 0.410. The van der Waals surface area contributed by atoms with Crippen LogP contribution in [0.4, 0.5) is 0 Å². The molecule has 6 heteroatoms. The molecule has 112 valence electrons. The summed E-state index contributed by atoms with van der Waals surface area (Å²) in [7, 11) is 0. The van der Waals surface area contributed by atoms with Gasteiger partial charge in [0.1, 0.15) is 0 Å². The highest BCUT2D eigenvalue weighted by Gasteiger charge is 2.13. The van der Waals surface area contributed by atoms with Gasteiger partial charge in [-0.15, -0.1) is 0 Å². The summed E-state index contributed by atoms with van der Waals surface area (Å²) in [5.41, 5.74) is 8.28. The topological polar surface area (TPSA) is 68.7 Å². The molecular weight excluding hydrogens is 254 g/mol. The van der Waals surface area contributed by atoms with Crippen molar-refractivity contribution in [2.75, 3.05) is 32.8 Å². The van der Waals surface area contributed by atoms with Gasteiger partial charge in [-0.05, 0) is 25.8 Å². The largest absolute Gasteiger partial charge is 0.378 e. The Hall–Kier alpha value is -1.56. The normalized spacial score (nSPS) is 18.4. The number of hydrogen-bond acceptors (Lipinski definition) is 3. The van der Waals surface area contributed by atoms with Gasteiger partial charge >= 0.3 is 0 Å². The SMILES string of the molecule is Cc1cc(C)n(CC(C)CN=C(N)N2CCOCC2)n1. The van der Waals surface area contributed by atoms with Gasteiger partial charge in [-0.1, -0.05) is 6.92 Å². The van der Waals surface area contributed by atoms with E-state index in [1.54, 1.807) is 0 Å². The molecule has 0 bridgehead atoms. The summed E-state index contributed by atoms with van der Waals surface area (Å²) in [6.45, 7) is 11.0. The molecule has 0 spiro atoms. The Morgan fingerprint density at radius 3 is 2.75 bits per heavy atom. The van der Waals surface area contributed by atoms with Crippen LogP contribution in [0.5, 0.6) is 0 Å². The number of aryl methyl sites for hydroxylation is 2. The van der Waals surface area contributed by atoms with Crippen LogP contribution in [0.3, 0.4) is 0 Å². The molecule has 0 aromatic carbocycles. The molecule has 1 fully saturated rings. The van der Waals surface area contributed by atoms with Crippen LogP contribution in [-0.4, -0.2) is 53.5 Å². The summed E-state index contributed by atoms with van der Waals surface area (Å²) in [6.07, 6.45) is 0. The Labute approximate surface area is 120 Å². The Morgan fingerprint density at radius 2 is 2.15 bits per heavy atom. The summed E-state index contributed by atoms with van der Waals surface area (Å²) in [6, 6.07) is 2.10. The van der Waals surface area contributed by atoms with Crippen LogP contribution in [0.15, 0.2) is 11.1 Å². The van der Waals surface area contributed by atoms with Crippen molar-refractivity contribution in [2.24, 2.45) is 16.6 Å². The zero-order valence-electron chi connectivity index (χ0n) is 12.7. The third-order valence-electron chi connectivity index (χ3n) is 3.49. The maximum atomic E-state index is 6.02. The highest BCUT2D eigenvalue weighted by atomic mass is 16.5. The number of hydrogen-bond donors (Lipinski definition) is 1. The van der Waals surface area contributed by atoms with Crippen molar-refractivity contribution in [3.63, 3.8) is 0 Å². The molecule has 1 unspecified atom stereocenters. The zero-order valence-corrected chi connectivity index (χ0v) is 12.7. The van der Waals surface area contributed by atoms with Gasteiger partial charge in [0.05, 0.1) is 18.9 Å². The van der Waals surface area contributed by atoms with Gasteiger partial charge in [0.15, 0.2) is 5.96 Å². The Morgan fingerprint density at radius 1 is 1.45 bits per heavy atom. The smallest absolute Gasteiger partial charge is 0.191 e. The Kier molecular flexibility index (Phi) is 5.00. The first-order valence-electron chi connectivity index (χ1n) is 7.20. The molecular formula is C14H25N5O. The second-order valence-electron chi connectivity index (χ2n) is 5.51. The maximum absolute atomic E-state index is 6.02. The van der Waals surface area contributed by atoms with E-state index in [-0.39, 0.29) is 0 Å². The fraction of sp³-hybridized carbons (Fsp3) is 0.714. The van der Waals surface area contributed by atoms with Crippen molar-refractivity contribution in [3.05, 3.63) is 17.5 Å². The lowest BCUT2D eigenvalue weighted by atomic mass is 10.2. The van der Waals surface area contributed by atoms with Crippen molar-refractivity contribution in [3.8, 4) is 0 Å². The lowest BCUT2D eigenvalue weighted by Gasteiger charge is -2.27. The second-order valence-corrected chi connectivity index (χ2v) is 5.51. The van der Waals surface area contributed by atoms with Crippen LogP contribution in [-0.2, 0) is 11.3 Å². The van der Waals surface area contributed by atoms with E-state index in [0.29, 0.717) is 11.9 Å². The number of nitrogens with zero attached hydrogens (tertiary/aromatic N) is 4. The van der Waals surface area contributed by atoms with Crippen molar-refractivity contribution >= 4 is 5.96 Å². The number of aliphatic imine (C=N–C) groups is 1. The molecule has 0 saturated carbocycles. The predicted octanol–water partition coefficient (Wildman–Crippen LogP) is 0.783. The highest BCUT2D eigenvalue weighted by Crippen LogP contribution is 2.07. The lowest BCUT2D eigenvalue weighted by Crippen LogP contribution is -2.45. The van der Waals surface area contributed by atoms with Gasteiger partial charge in [-0.2, -0.15) is 5.10 Å². The number of aromatic nitrogens is 2. The first kappa shape index (κ1) is 14.8. The highest BCUT2D eigenvalue weighted by molar-refractivity contribution is 5.78. The fourth-order valence-electron chi connectivity index (χ4n) is 2.35. The summed E-state index contributed by atoms with van der Waals surface area (Å²) in [5, 5.41) is 4.48. The molecule has 1 aliphatic rings.